The Morgan fingerprint density at radius 3 is 2.52 bits per heavy atom. The molecule has 0 saturated carbocycles. The van der Waals surface area contributed by atoms with Crippen LogP contribution in [0.4, 0.5) is 4.39 Å². The van der Waals surface area contributed by atoms with Crippen LogP contribution in [-0.4, -0.2) is 39.9 Å². The first kappa shape index (κ1) is 22.1. The molecule has 4 aromatic rings. The fourth-order valence-electron chi connectivity index (χ4n) is 3.63. The molecule has 0 aliphatic heterocycles. The summed E-state index contributed by atoms with van der Waals surface area (Å²) in [4.78, 5) is 31.3. The van der Waals surface area contributed by atoms with Gasteiger partial charge >= 0.3 is 0 Å². The van der Waals surface area contributed by atoms with Gasteiger partial charge in [0.15, 0.2) is 0 Å². The highest BCUT2D eigenvalue weighted by atomic mass is 19.1. The quantitative estimate of drug-likeness (QED) is 0.461. The van der Waals surface area contributed by atoms with Crippen molar-refractivity contribution in [1.82, 2.24) is 20.4 Å². The zero-order chi connectivity index (χ0) is 23.4. The Hall–Kier alpha value is -4.07. The van der Waals surface area contributed by atoms with E-state index < -0.39 is 0 Å². The van der Waals surface area contributed by atoms with Crippen LogP contribution in [0.3, 0.4) is 0 Å². The van der Waals surface area contributed by atoms with E-state index in [0.717, 1.165) is 5.56 Å². The fraction of sp³-hybridized carbons (Fsp3) is 0.200. The summed E-state index contributed by atoms with van der Waals surface area (Å²) in [5, 5.41) is 7.26. The minimum Gasteiger partial charge on any atom is -0.355 e. The number of hydrogen-bond donors (Lipinski definition) is 1. The van der Waals surface area contributed by atoms with Crippen LogP contribution in [0.25, 0.3) is 22.4 Å². The minimum absolute atomic E-state index is 0.165. The van der Waals surface area contributed by atoms with E-state index in [0.29, 0.717) is 47.5 Å². The van der Waals surface area contributed by atoms with Crippen molar-refractivity contribution in [2.24, 2.45) is 0 Å². The van der Waals surface area contributed by atoms with Crippen molar-refractivity contribution in [1.29, 1.82) is 0 Å². The Morgan fingerprint density at radius 1 is 1.09 bits per heavy atom. The summed E-state index contributed by atoms with van der Waals surface area (Å²) in [5.41, 5.74) is 3.25. The lowest BCUT2D eigenvalue weighted by molar-refractivity contribution is -0.119. The van der Waals surface area contributed by atoms with Gasteiger partial charge < -0.3 is 14.7 Å². The highest BCUT2D eigenvalue weighted by Crippen LogP contribution is 2.28. The third kappa shape index (κ3) is 5.06. The van der Waals surface area contributed by atoms with Crippen LogP contribution in [-0.2, 0) is 11.3 Å². The Morgan fingerprint density at radius 2 is 1.82 bits per heavy atom. The second kappa shape index (κ2) is 9.60. The first-order valence-corrected chi connectivity index (χ1v) is 10.5. The average Bonchev–Trinajstić information content (AvgIpc) is 3.19. The number of nitrogens with one attached hydrogen (secondary N) is 1. The lowest BCUT2D eigenvalue weighted by atomic mass is 10.0. The van der Waals surface area contributed by atoms with Gasteiger partial charge in [0.1, 0.15) is 5.82 Å². The Balaban J connectivity index is 1.75. The van der Waals surface area contributed by atoms with Crippen LogP contribution in [0, 0.1) is 12.7 Å². The zero-order valence-corrected chi connectivity index (χ0v) is 18.3. The molecule has 2 aromatic heterocycles. The number of halogens is 1. The molecule has 0 fully saturated rings. The van der Waals surface area contributed by atoms with Gasteiger partial charge in [0, 0.05) is 32.1 Å². The van der Waals surface area contributed by atoms with Gasteiger partial charge in [-0.2, -0.15) is 0 Å². The van der Waals surface area contributed by atoms with Gasteiger partial charge in [0.25, 0.3) is 11.6 Å². The maximum atomic E-state index is 13.8. The fourth-order valence-corrected chi connectivity index (χ4v) is 3.63. The molecule has 7 nitrogen and oxygen atoms in total. The molecule has 2 aromatic carbocycles. The summed E-state index contributed by atoms with van der Waals surface area (Å²) >= 11 is 0. The summed E-state index contributed by atoms with van der Waals surface area (Å²) in [6.45, 7) is 4.17. The Labute approximate surface area is 190 Å². The number of hydrogen-bond acceptors (Lipinski definition) is 5. The van der Waals surface area contributed by atoms with Gasteiger partial charge in [-0.3, -0.25) is 9.59 Å². The highest BCUT2D eigenvalue weighted by Gasteiger charge is 2.24. The van der Waals surface area contributed by atoms with Crippen molar-refractivity contribution < 1.29 is 18.5 Å². The lowest BCUT2D eigenvalue weighted by Crippen LogP contribution is -2.37. The minimum atomic E-state index is -0.362. The number of carbonyl (C=O) groups excluding carboxylic acids is 2. The van der Waals surface area contributed by atoms with E-state index in [2.05, 4.69) is 15.5 Å². The monoisotopic (exact) mass is 446 g/mol. The number of nitrogens with zero attached hydrogens (tertiary/aromatic N) is 3. The third-order valence-corrected chi connectivity index (χ3v) is 5.25. The number of pyridine rings is 1. The molecule has 2 heterocycles. The predicted molar refractivity (Wildman–Crippen MR) is 122 cm³/mol. The van der Waals surface area contributed by atoms with E-state index in [1.807, 2.05) is 30.3 Å². The molecule has 0 aliphatic rings. The molecule has 8 heteroatoms. The summed E-state index contributed by atoms with van der Waals surface area (Å²) in [6.07, 6.45) is 0. The molecule has 2 amide bonds. The van der Waals surface area contributed by atoms with Gasteiger partial charge in [-0.25, -0.2) is 9.37 Å². The van der Waals surface area contributed by atoms with Crippen LogP contribution in [0.15, 0.2) is 65.2 Å². The van der Waals surface area contributed by atoms with Crippen molar-refractivity contribution in [2.75, 3.05) is 13.1 Å². The molecule has 0 atom stereocenters. The molecule has 0 saturated heterocycles. The van der Waals surface area contributed by atoms with E-state index in [1.165, 1.54) is 19.1 Å². The van der Waals surface area contributed by atoms with Crippen LogP contribution >= 0.6 is 0 Å². The second-order valence-electron chi connectivity index (χ2n) is 7.71. The van der Waals surface area contributed by atoms with E-state index in [-0.39, 0.29) is 23.3 Å². The molecule has 0 aliphatic carbocycles. The molecular weight excluding hydrogens is 423 g/mol. The van der Waals surface area contributed by atoms with E-state index in [4.69, 9.17) is 4.52 Å². The van der Waals surface area contributed by atoms with Gasteiger partial charge in [0.2, 0.25) is 5.91 Å². The maximum absolute atomic E-state index is 13.8. The zero-order valence-electron chi connectivity index (χ0n) is 18.3. The number of aromatic nitrogens is 2. The second-order valence-corrected chi connectivity index (χ2v) is 7.71. The molecule has 0 radical (unpaired) electrons. The summed E-state index contributed by atoms with van der Waals surface area (Å²) in [6, 6.07) is 17.2. The largest absolute Gasteiger partial charge is 0.355 e. The number of carbonyl (C=O) groups is 2. The van der Waals surface area contributed by atoms with E-state index in [9.17, 15) is 14.0 Å². The van der Waals surface area contributed by atoms with Crippen LogP contribution in [0.1, 0.15) is 28.5 Å². The van der Waals surface area contributed by atoms with E-state index >= 15 is 0 Å². The maximum Gasteiger partial charge on any atom is 0.259 e. The van der Waals surface area contributed by atoms with Crippen molar-refractivity contribution in [2.45, 2.75) is 20.4 Å². The highest BCUT2D eigenvalue weighted by molar-refractivity contribution is 6.07. The van der Waals surface area contributed by atoms with Crippen LogP contribution < -0.4 is 5.32 Å². The number of aryl methyl sites for hydroxylation is 1. The first-order chi connectivity index (χ1) is 15.9. The van der Waals surface area contributed by atoms with E-state index in [1.54, 1.807) is 30.0 Å². The van der Waals surface area contributed by atoms with Crippen molar-refractivity contribution in [3.05, 3.63) is 83.3 Å². The average molecular weight is 446 g/mol. The topological polar surface area (TPSA) is 88.3 Å². The number of fused-ring (bicyclic) bond motifs is 1. The lowest BCUT2D eigenvalue weighted by Gasteiger charge is -2.23. The van der Waals surface area contributed by atoms with Crippen LogP contribution in [0.5, 0.6) is 0 Å². The summed E-state index contributed by atoms with van der Waals surface area (Å²) < 4.78 is 18.8. The SMILES string of the molecule is CC(=O)NCCN(Cc1ccccc1)C(=O)c1cc(-c2ccc(F)cc2)nc2onc(C)c12. The first-order valence-electron chi connectivity index (χ1n) is 10.5. The third-order valence-electron chi connectivity index (χ3n) is 5.25. The Bertz CT molecular complexity index is 1290. The Kier molecular flexibility index (Phi) is 6.44. The smallest absolute Gasteiger partial charge is 0.259 e. The van der Waals surface area contributed by atoms with Gasteiger partial charge in [-0.05, 0) is 42.8 Å². The number of amides is 2. The molecule has 4 rings (SSSR count). The summed E-state index contributed by atoms with van der Waals surface area (Å²) in [5.74, 6) is -0.771. The molecule has 1 N–H and O–H groups in total. The van der Waals surface area contributed by atoms with Gasteiger partial charge in [-0.15, -0.1) is 0 Å². The molecule has 0 unspecified atom stereocenters. The normalized spacial score (nSPS) is 10.9. The van der Waals surface area contributed by atoms with Crippen molar-refractivity contribution >= 4 is 22.9 Å². The molecule has 168 valence electrons. The predicted octanol–water partition coefficient (Wildman–Crippen LogP) is 4.12. The molecular formula is C25H23FN4O3. The van der Waals surface area contributed by atoms with Crippen molar-refractivity contribution in [3.8, 4) is 11.3 Å². The van der Waals surface area contributed by atoms with Gasteiger partial charge in [0.05, 0.1) is 22.3 Å². The molecule has 0 bridgehead atoms. The van der Waals surface area contributed by atoms with Crippen molar-refractivity contribution in [3.63, 3.8) is 0 Å². The summed E-state index contributed by atoms with van der Waals surface area (Å²) in [7, 11) is 0. The molecule has 33 heavy (non-hydrogen) atoms. The standard InChI is InChI=1S/C25H23FN4O3/c1-16-23-21(14-22(28-24(23)33-29-16)19-8-10-20(26)11-9-19)25(32)30(13-12-27-17(2)31)15-18-6-4-3-5-7-18/h3-11,14H,12-13,15H2,1-2H3,(H,27,31). The van der Waals surface area contributed by atoms with Gasteiger partial charge in [-0.1, -0.05) is 35.5 Å². The number of benzene rings is 2. The van der Waals surface area contributed by atoms with Crippen LogP contribution in [0.2, 0.25) is 0 Å². The molecule has 0 spiro atoms. The number of rotatable bonds is 7.